The van der Waals surface area contributed by atoms with Crippen molar-refractivity contribution in [1.82, 2.24) is 24.5 Å². The maximum absolute atomic E-state index is 14.9. The monoisotopic (exact) mass is 633 g/mol. The van der Waals surface area contributed by atoms with Gasteiger partial charge in [-0.25, -0.2) is 4.79 Å². The number of ether oxygens (including phenoxy) is 1. The number of piperidine rings is 1. The Kier molecular flexibility index (Phi) is 8.76. The molecule has 0 spiro atoms. The molecule has 0 bridgehead atoms. The molecule has 2 aliphatic rings. The Labute approximate surface area is 266 Å². The molecule has 2 aromatic heterocycles. The van der Waals surface area contributed by atoms with Gasteiger partial charge < -0.3 is 14.2 Å². The van der Waals surface area contributed by atoms with Crippen LogP contribution < -0.4 is 0 Å². The molecule has 1 saturated carbocycles. The number of rotatable bonds is 9. The van der Waals surface area contributed by atoms with E-state index in [1.807, 2.05) is 24.7 Å². The Morgan fingerprint density at radius 2 is 1.87 bits per heavy atom. The van der Waals surface area contributed by atoms with Crippen LogP contribution in [0.25, 0.3) is 16.8 Å². The van der Waals surface area contributed by atoms with Crippen molar-refractivity contribution in [3.05, 3.63) is 89.0 Å². The zero-order chi connectivity index (χ0) is 32.6. The van der Waals surface area contributed by atoms with Crippen molar-refractivity contribution >= 4 is 11.9 Å². The van der Waals surface area contributed by atoms with Crippen molar-refractivity contribution in [2.45, 2.75) is 70.0 Å². The third kappa shape index (κ3) is 6.19. The van der Waals surface area contributed by atoms with E-state index >= 15 is 0 Å². The Bertz CT molecular complexity index is 1740. The lowest BCUT2D eigenvalue weighted by Crippen LogP contribution is -2.44. The molecule has 242 valence electrons. The highest BCUT2D eigenvalue weighted by Crippen LogP contribution is 2.49. The van der Waals surface area contributed by atoms with Crippen molar-refractivity contribution in [2.75, 3.05) is 13.7 Å². The highest BCUT2D eigenvalue weighted by molar-refractivity contribution is 5.98. The normalized spacial score (nSPS) is 19.7. The van der Waals surface area contributed by atoms with Crippen LogP contribution in [0.1, 0.15) is 89.0 Å². The summed E-state index contributed by atoms with van der Waals surface area (Å²) in [5.41, 5.74) is 1.64. The molecule has 0 N–H and O–H groups in total. The molecule has 1 aliphatic carbocycles. The maximum Gasteiger partial charge on any atom is 0.417 e. The number of esters is 1. The molecule has 4 aromatic rings. The van der Waals surface area contributed by atoms with Crippen molar-refractivity contribution in [3.63, 3.8) is 0 Å². The second-order valence-electron chi connectivity index (χ2n) is 12.4. The Morgan fingerprint density at radius 1 is 1.07 bits per heavy atom. The van der Waals surface area contributed by atoms with E-state index in [9.17, 15) is 22.8 Å². The highest BCUT2D eigenvalue weighted by Gasteiger charge is 2.42. The van der Waals surface area contributed by atoms with Crippen LogP contribution in [0.15, 0.2) is 60.9 Å². The molecule has 2 fully saturated rings. The second-order valence-corrected chi connectivity index (χ2v) is 12.4. The summed E-state index contributed by atoms with van der Waals surface area (Å²) in [6, 6.07) is 12.7. The Balaban J connectivity index is 1.38. The lowest BCUT2D eigenvalue weighted by atomic mass is 9.92. The minimum Gasteiger partial charge on any atom is -0.465 e. The van der Waals surface area contributed by atoms with Crippen LogP contribution in [0.2, 0.25) is 0 Å². The first kappa shape index (κ1) is 31.6. The molecule has 0 radical (unpaired) electrons. The van der Waals surface area contributed by atoms with E-state index in [1.54, 1.807) is 46.1 Å². The van der Waals surface area contributed by atoms with Crippen LogP contribution in [0.4, 0.5) is 13.2 Å². The minimum atomic E-state index is -4.76. The molecule has 3 atom stereocenters. The molecule has 8 nitrogen and oxygen atoms in total. The number of aromatic nitrogens is 4. The van der Waals surface area contributed by atoms with E-state index in [0.29, 0.717) is 35.5 Å². The number of nitrogens with zero attached hydrogens (tertiary/aromatic N) is 5. The third-order valence-electron chi connectivity index (χ3n) is 9.30. The van der Waals surface area contributed by atoms with E-state index in [4.69, 9.17) is 4.74 Å². The van der Waals surface area contributed by atoms with Crippen molar-refractivity contribution in [3.8, 4) is 16.8 Å². The number of amides is 1. The summed E-state index contributed by atoms with van der Waals surface area (Å²) in [6.45, 7) is 2.48. The first-order chi connectivity index (χ1) is 22.1. The number of hydrogen-bond acceptors (Lipinski definition) is 5. The van der Waals surface area contributed by atoms with E-state index in [2.05, 4.69) is 10.3 Å². The van der Waals surface area contributed by atoms with Crippen molar-refractivity contribution in [1.29, 1.82) is 0 Å². The topological polar surface area (TPSA) is 82.3 Å². The fourth-order valence-electron chi connectivity index (χ4n) is 6.99. The number of carbonyl (C=O) groups excluding carboxylic acids is 2. The van der Waals surface area contributed by atoms with Crippen LogP contribution in [0.5, 0.6) is 0 Å². The summed E-state index contributed by atoms with van der Waals surface area (Å²) < 4.78 is 53.2. The van der Waals surface area contributed by atoms with Crippen LogP contribution >= 0.6 is 0 Å². The van der Waals surface area contributed by atoms with E-state index in [1.165, 1.54) is 25.3 Å². The summed E-state index contributed by atoms with van der Waals surface area (Å²) in [5, 5.41) is 8.28. The number of likely N-dealkylation sites (tertiary alicyclic amines) is 1. The SMILES string of the molecule is CCC[C@@H]1CCCCN1C(=O)c1cccc(-c2cccc(-n3ccc(C(=O)OC)c3C[C@@H]3C[C@H]3c3cn(C)nn3)c2)c1C(F)(F)F. The third-order valence-corrected chi connectivity index (χ3v) is 9.30. The van der Waals surface area contributed by atoms with E-state index in [-0.39, 0.29) is 29.0 Å². The van der Waals surface area contributed by atoms with Gasteiger partial charge in [-0.05, 0) is 79.8 Å². The number of methoxy groups -OCH3 is 1. The number of benzene rings is 2. The van der Waals surface area contributed by atoms with Gasteiger partial charge >= 0.3 is 12.1 Å². The zero-order valence-electron chi connectivity index (χ0n) is 26.3. The fourth-order valence-corrected chi connectivity index (χ4v) is 6.99. The quantitative estimate of drug-likeness (QED) is 0.182. The molecule has 6 rings (SSSR count). The fraction of sp³-hybridized carbons (Fsp3) is 0.429. The van der Waals surface area contributed by atoms with Gasteiger partial charge in [0.05, 0.1) is 29.5 Å². The first-order valence-corrected chi connectivity index (χ1v) is 15.9. The molecular formula is C35H38F3N5O3. The van der Waals surface area contributed by atoms with Gasteiger partial charge in [-0.3, -0.25) is 9.48 Å². The Morgan fingerprint density at radius 3 is 2.59 bits per heavy atom. The van der Waals surface area contributed by atoms with E-state index in [0.717, 1.165) is 44.2 Å². The van der Waals surface area contributed by atoms with Crippen LogP contribution in [0, 0.1) is 5.92 Å². The maximum atomic E-state index is 14.9. The standard InChI is InChI=1S/C35H38F3N5O3/c1-4-9-24-11-5-6-16-43(24)33(44)28-14-8-13-26(32(28)35(36,37)38)22-10-7-12-25(18-22)42-17-15-27(34(45)46-3)31(42)20-23-19-29(23)30-21-41(2)40-39-30/h7-8,10,12-15,17-18,21,23-24,29H,4-6,9,11,16,19-20H2,1-3H3/t23-,24+,29+/m0/s1. The van der Waals surface area contributed by atoms with Gasteiger partial charge in [0.2, 0.25) is 0 Å². The van der Waals surface area contributed by atoms with Crippen LogP contribution in [-0.4, -0.2) is 56.0 Å². The number of alkyl halides is 3. The molecule has 1 amide bonds. The molecule has 11 heteroatoms. The first-order valence-electron chi connectivity index (χ1n) is 15.9. The number of halogens is 3. The largest absolute Gasteiger partial charge is 0.465 e. The average molecular weight is 634 g/mol. The van der Waals surface area contributed by atoms with Gasteiger partial charge in [0.1, 0.15) is 0 Å². The van der Waals surface area contributed by atoms with Crippen molar-refractivity contribution in [2.24, 2.45) is 13.0 Å². The Hall–Kier alpha value is -4.41. The van der Waals surface area contributed by atoms with Gasteiger partial charge in [0.15, 0.2) is 0 Å². The predicted octanol–water partition coefficient (Wildman–Crippen LogP) is 7.22. The minimum absolute atomic E-state index is 0.0592. The lowest BCUT2D eigenvalue weighted by molar-refractivity contribution is -0.137. The molecule has 1 saturated heterocycles. The predicted molar refractivity (Wildman–Crippen MR) is 167 cm³/mol. The van der Waals surface area contributed by atoms with Gasteiger partial charge in [-0.2, -0.15) is 13.2 Å². The number of aryl methyl sites for hydroxylation is 1. The number of carbonyl (C=O) groups is 2. The van der Waals surface area contributed by atoms with Gasteiger partial charge in [0.25, 0.3) is 5.91 Å². The van der Waals surface area contributed by atoms with E-state index < -0.39 is 23.6 Å². The number of hydrogen-bond donors (Lipinski definition) is 0. The smallest absolute Gasteiger partial charge is 0.417 e. The molecule has 0 unspecified atom stereocenters. The molecule has 3 heterocycles. The average Bonchev–Trinajstić information content (AvgIpc) is 3.47. The van der Waals surface area contributed by atoms with Crippen LogP contribution in [-0.2, 0) is 24.4 Å². The van der Waals surface area contributed by atoms with Gasteiger partial charge in [0, 0.05) is 49.3 Å². The summed E-state index contributed by atoms with van der Waals surface area (Å²) in [6.07, 6.45) is 4.48. The second kappa shape index (κ2) is 12.8. The molecular weight excluding hydrogens is 595 g/mol. The zero-order valence-corrected chi connectivity index (χ0v) is 26.3. The molecule has 2 aromatic carbocycles. The summed E-state index contributed by atoms with van der Waals surface area (Å²) in [7, 11) is 3.14. The lowest BCUT2D eigenvalue weighted by Gasteiger charge is -2.36. The van der Waals surface area contributed by atoms with Gasteiger partial charge in [-0.15, -0.1) is 5.10 Å². The summed E-state index contributed by atoms with van der Waals surface area (Å²) in [4.78, 5) is 28.2. The summed E-state index contributed by atoms with van der Waals surface area (Å²) in [5.74, 6) is -0.615. The van der Waals surface area contributed by atoms with Crippen molar-refractivity contribution < 1.29 is 27.5 Å². The van der Waals surface area contributed by atoms with Gasteiger partial charge in [-0.1, -0.05) is 42.8 Å². The molecule has 46 heavy (non-hydrogen) atoms. The summed E-state index contributed by atoms with van der Waals surface area (Å²) >= 11 is 0. The highest BCUT2D eigenvalue weighted by atomic mass is 19.4. The molecule has 1 aliphatic heterocycles. The van der Waals surface area contributed by atoms with Crippen LogP contribution in [0.3, 0.4) is 0 Å².